The first-order chi connectivity index (χ1) is 37.2. The molecule has 2 aliphatic rings. The van der Waals surface area contributed by atoms with Gasteiger partial charge in [0.2, 0.25) is 0 Å². The SMILES string of the molecule is c1ccc(-c2nc(-c3ccccc3)nc(-c3cccc4sc5ccc(-c6ccc7c(c6)c6cc(-c8ccc9c(c8)-c8ccccc8C98c9ccccc9-c9ccccc98)ccc6n7-c6ccccc6)cc5c34)n2)cc1. The van der Waals surface area contributed by atoms with Crippen LogP contribution < -0.4 is 0 Å². The number of aromatic nitrogens is 4. The third-order valence-electron chi connectivity index (χ3n) is 15.9. The summed E-state index contributed by atoms with van der Waals surface area (Å²) in [4.78, 5) is 15.4. The first-order valence-corrected chi connectivity index (χ1v) is 26.4. The van der Waals surface area contributed by atoms with Gasteiger partial charge < -0.3 is 4.57 Å². The topological polar surface area (TPSA) is 43.6 Å². The van der Waals surface area contributed by atoms with E-state index < -0.39 is 0 Å². The summed E-state index contributed by atoms with van der Waals surface area (Å²) in [6, 6.07) is 93.0. The van der Waals surface area contributed by atoms with Gasteiger partial charge in [-0.1, -0.05) is 194 Å². The van der Waals surface area contributed by atoms with Gasteiger partial charge in [0.1, 0.15) is 0 Å². The lowest BCUT2D eigenvalue weighted by Crippen LogP contribution is -2.25. The van der Waals surface area contributed by atoms with Crippen LogP contribution in [0.3, 0.4) is 0 Å². The number of para-hydroxylation sites is 1. The lowest BCUT2D eigenvalue weighted by Gasteiger charge is -2.30. The van der Waals surface area contributed by atoms with Crippen molar-refractivity contribution in [3.8, 4) is 84.4 Å². The number of thiophene rings is 1. The standard InChI is InChI=1S/C70H42N4S/c1-4-17-43(18-5-1)67-71-68(44-19-6-2-7-20-44)73-69(72-67)53-26-16-30-65-66(53)57-42-48(34-38-64(57)75-65)47-33-37-63-56(41-47)55-40-46(32-36-62(55)74(63)49-21-8-3-9-22-49)45-31-35-61-54(39-45)52-25-12-15-29-60(52)70(61)58-27-13-10-23-50(58)51-24-11-14-28-59(51)70/h1-42H. The molecule has 0 bridgehead atoms. The Morgan fingerprint density at radius 3 is 1.32 bits per heavy atom. The Kier molecular flexibility index (Phi) is 9.09. The summed E-state index contributed by atoms with van der Waals surface area (Å²) in [5.74, 6) is 1.96. The van der Waals surface area contributed by atoms with E-state index in [4.69, 9.17) is 15.0 Å². The maximum Gasteiger partial charge on any atom is 0.164 e. The maximum atomic E-state index is 5.18. The van der Waals surface area contributed by atoms with E-state index >= 15 is 0 Å². The van der Waals surface area contributed by atoms with Gasteiger partial charge in [0.05, 0.1) is 16.4 Å². The van der Waals surface area contributed by atoms with Crippen molar-refractivity contribution < 1.29 is 0 Å². The molecule has 0 atom stereocenters. The lowest BCUT2D eigenvalue weighted by molar-refractivity contribution is 0.794. The fourth-order valence-corrected chi connectivity index (χ4v) is 13.8. The van der Waals surface area contributed by atoms with E-state index in [1.165, 1.54) is 92.2 Å². The van der Waals surface area contributed by atoms with Crippen molar-refractivity contribution in [3.63, 3.8) is 0 Å². The van der Waals surface area contributed by atoms with E-state index in [1.54, 1.807) is 0 Å². The molecule has 4 nitrogen and oxygen atoms in total. The number of nitrogens with zero attached hydrogens (tertiary/aromatic N) is 4. The van der Waals surface area contributed by atoms with E-state index in [0.717, 1.165) is 38.9 Å². The highest BCUT2D eigenvalue weighted by molar-refractivity contribution is 7.26. The molecule has 14 aromatic rings. The van der Waals surface area contributed by atoms with Crippen LogP contribution in [0.1, 0.15) is 22.3 Å². The van der Waals surface area contributed by atoms with E-state index in [-0.39, 0.29) is 5.41 Å². The molecule has 0 N–H and O–H groups in total. The molecule has 0 fully saturated rings. The van der Waals surface area contributed by atoms with Crippen molar-refractivity contribution in [2.75, 3.05) is 0 Å². The van der Waals surface area contributed by atoms with E-state index in [0.29, 0.717) is 17.5 Å². The van der Waals surface area contributed by atoms with Crippen LogP contribution in [0.15, 0.2) is 255 Å². The largest absolute Gasteiger partial charge is 0.309 e. The molecule has 0 amide bonds. The summed E-state index contributed by atoms with van der Waals surface area (Å²) in [6.45, 7) is 0. The summed E-state index contributed by atoms with van der Waals surface area (Å²) in [5, 5.41) is 4.76. The third-order valence-corrected chi connectivity index (χ3v) is 17.0. The molecular formula is C70H42N4S. The molecule has 16 rings (SSSR count). The zero-order valence-electron chi connectivity index (χ0n) is 40.4. The average Bonchev–Trinajstić information content (AvgIpc) is 4.36. The second-order valence-electron chi connectivity index (χ2n) is 19.8. The highest BCUT2D eigenvalue weighted by Gasteiger charge is 2.51. The zero-order chi connectivity index (χ0) is 49.2. The van der Waals surface area contributed by atoms with Crippen LogP contribution in [0.2, 0.25) is 0 Å². The average molecular weight is 971 g/mol. The Morgan fingerprint density at radius 1 is 0.293 bits per heavy atom. The van der Waals surface area contributed by atoms with Crippen LogP contribution in [0.25, 0.3) is 126 Å². The first-order valence-electron chi connectivity index (χ1n) is 25.6. The van der Waals surface area contributed by atoms with Crippen molar-refractivity contribution in [1.82, 2.24) is 19.5 Å². The fourth-order valence-electron chi connectivity index (χ4n) is 12.6. The monoisotopic (exact) mass is 970 g/mol. The number of benzene rings is 11. The molecule has 348 valence electrons. The molecule has 0 saturated heterocycles. The molecule has 0 aliphatic heterocycles. The van der Waals surface area contributed by atoms with Gasteiger partial charge in [-0.05, 0) is 127 Å². The minimum atomic E-state index is -0.369. The van der Waals surface area contributed by atoms with Gasteiger partial charge in [0, 0.05) is 53.3 Å². The molecule has 11 aromatic carbocycles. The smallest absolute Gasteiger partial charge is 0.164 e. The highest BCUT2D eigenvalue weighted by Crippen LogP contribution is 2.63. The van der Waals surface area contributed by atoms with Gasteiger partial charge >= 0.3 is 0 Å². The normalized spacial score (nSPS) is 12.9. The molecule has 0 radical (unpaired) electrons. The van der Waals surface area contributed by atoms with Crippen LogP contribution in [-0.2, 0) is 5.41 Å². The predicted molar refractivity (Wildman–Crippen MR) is 311 cm³/mol. The number of hydrogen-bond acceptors (Lipinski definition) is 4. The Balaban J connectivity index is 0.855. The molecule has 0 saturated carbocycles. The molecule has 75 heavy (non-hydrogen) atoms. The lowest BCUT2D eigenvalue weighted by atomic mass is 9.70. The van der Waals surface area contributed by atoms with Gasteiger partial charge in [-0.3, -0.25) is 0 Å². The minimum Gasteiger partial charge on any atom is -0.309 e. The van der Waals surface area contributed by atoms with E-state index in [2.05, 4.69) is 223 Å². The van der Waals surface area contributed by atoms with Gasteiger partial charge in [-0.15, -0.1) is 11.3 Å². The minimum absolute atomic E-state index is 0.369. The summed E-state index contributed by atoms with van der Waals surface area (Å²) >= 11 is 1.81. The Hall–Kier alpha value is -9.55. The Labute approximate surface area is 437 Å². The molecular weight excluding hydrogens is 929 g/mol. The van der Waals surface area contributed by atoms with Crippen molar-refractivity contribution in [3.05, 3.63) is 277 Å². The highest BCUT2D eigenvalue weighted by atomic mass is 32.1. The van der Waals surface area contributed by atoms with Crippen LogP contribution >= 0.6 is 11.3 Å². The van der Waals surface area contributed by atoms with Crippen LogP contribution in [-0.4, -0.2) is 19.5 Å². The van der Waals surface area contributed by atoms with Crippen LogP contribution in [0.4, 0.5) is 0 Å². The van der Waals surface area contributed by atoms with E-state index in [1.807, 2.05) is 47.7 Å². The summed E-state index contributed by atoms with van der Waals surface area (Å²) in [5.41, 5.74) is 21.4. The van der Waals surface area contributed by atoms with Crippen molar-refractivity contribution in [2.24, 2.45) is 0 Å². The Morgan fingerprint density at radius 2 is 0.733 bits per heavy atom. The van der Waals surface area contributed by atoms with Crippen molar-refractivity contribution in [1.29, 1.82) is 0 Å². The van der Waals surface area contributed by atoms with Gasteiger partial charge in [0.25, 0.3) is 0 Å². The first kappa shape index (κ1) is 42.0. The molecule has 3 aromatic heterocycles. The summed E-state index contributed by atoms with van der Waals surface area (Å²) in [7, 11) is 0. The number of hydrogen-bond donors (Lipinski definition) is 0. The van der Waals surface area contributed by atoms with Gasteiger partial charge in [-0.25, -0.2) is 15.0 Å². The van der Waals surface area contributed by atoms with Gasteiger partial charge in [0.15, 0.2) is 17.5 Å². The Bertz CT molecular complexity index is 4550. The zero-order valence-corrected chi connectivity index (χ0v) is 41.3. The van der Waals surface area contributed by atoms with E-state index in [9.17, 15) is 0 Å². The summed E-state index contributed by atoms with van der Waals surface area (Å²) in [6.07, 6.45) is 0. The fraction of sp³-hybridized carbons (Fsp3) is 0.0143. The quantitative estimate of drug-likeness (QED) is 0.167. The van der Waals surface area contributed by atoms with Crippen LogP contribution in [0.5, 0.6) is 0 Å². The predicted octanol–water partition coefficient (Wildman–Crippen LogP) is 18.0. The molecule has 2 aliphatic carbocycles. The molecule has 3 heterocycles. The maximum absolute atomic E-state index is 5.18. The van der Waals surface area contributed by atoms with Crippen molar-refractivity contribution in [2.45, 2.75) is 5.41 Å². The third kappa shape index (κ3) is 6.19. The molecule has 1 spiro atoms. The molecule has 0 unspecified atom stereocenters. The van der Waals surface area contributed by atoms with Gasteiger partial charge in [-0.2, -0.15) is 0 Å². The second kappa shape index (κ2) is 16.2. The van der Waals surface area contributed by atoms with Crippen molar-refractivity contribution >= 4 is 53.3 Å². The molecule has 5 heteroatoms. The number of rotatable bonds is 6. The summed E-state index contributed by atoms with van der Waals surface area (Å²) < 4.78 is 4.83. The van der Waals surface area contributed by atoms with Crippen LogP contribution in [0, 0.1) is 0 Å². The second-order valence-corrected chi connectivity index (χ2v) is 20.9. The number of fused-ring (bicyclic) bond motifs is 16.